The maximum Gasteiger partial charge on any atom is 0.182 e. The summed E-state index contributed by atoms with van der Waals surface area (Å²) in [5, 5.41) is 9.92. The number of benzene rings is 1. The number of carbonyl (C=O) groups excluding carboxylic acids is 1. The third kappa shape index (κ3) is 2.60. The number of hydrogen-bond donors (Lipinski definition) is 1. The van der Waals surface area contributed by atoms with Crippen LogP contribution in [0.4, 0.5) is 8.78 Å². The van der Waals surface area contributed by atoms with Crippen molar-refractivity contribution in [3.63, 3.8) is 0 Å². The summed E-state index contributed by atoms with van der Waals surface area (Å²) in [4.78, 5) is 14.4. The Bertz CT molecular complexity index is 563. The minimum Gasteiger partial charge on any atom is -0.393 e. The molecule has 0 radical (unpaired) electrons. The molecule has 1 aromatic rings. The molecule has 1 saturated heterocycles. The Morgan fingerprint density at radius 2 is 2.10 bits per heavy atom. The highest BCUT2D eigenvalue weighted by Gasteiger charge is 2.44. The summed E-state index contributed by atoms with van der Waals surface area (Å²) in [6.45, 7) is 3.18. The number of carbonyl (C=O) groups is 1. The van der Waals surface area contributed by atoms with Crippen LogP contribution in [0.1, 0.15) is 30.1 Å². The first kappa shape index (κ1) is 14.6. The highest BCUT2D eigenvalue weighted by atomic mass is 19.1. The largest absolute Gasteiger partial charge is 0.393 e. The number of fused-ring (bicyclic) bond motifs is 1. The van der Waals surface area contributed by atoms with Crippen molar-refractivity contribution < 1.29 is 18.7 Å². The lowest BCUT2D eigenvalue weighted by Gasteiger charge is -2.24. The molecule has 1 aliphatic carbocycles. The second-order valence-corrected chi connectivity index (χ2v) is 6.19. The van der Waals surface area contributed by atoms with Crippen LogP contribution >= 0.6 is 0 Å². The van der Waals surface area contributed by atoms with Gasteiger partial charge in [-0.3, -0.25) is 9.69 Å². The van der Waals surface area contributed by atoms with Crippen molar-refractivity contribution in [1.29, 1.82) is 0 Å². The average Bonchev–Trinajstić information content (AvgIpc) is 3.00. The van der Waals surface area contributed by atoms with Gasteiger partial charge in [0.2, 0.25) is 0 Å². The van der Waals surface area contributed by atoms with Crippen LogP contribution < -0.4 is 0 Å². The summed E-state index contributed by atoms with van der Waals surface area (Å²) in [6.07, 6.45) is 1.52. The number of aliphatic hydroxyl groups excluding tert-OH is 1. The molecule has 3 nitrogen and oxygen atoms in total. The van der Waals surface area contributed by atoms with Gasteiger partial charge < -0.3 is 5.11 Å². The van der Waals surface area contributed by atoms with Crippen LogP contribution in [0.2, 0.25) is 0 Å². The van der Waals surface area contributed by atoms with Gasteiger partial charge in [-0.25, -0.2) is 8.78 Å². The van der Waals surface area contributed by atoms with Crippen molar-refractivity contribution >= 4 is 5.78 Å². The fourth-order valence-electron chi connectivity index (χ4n) is 3.67. The highest BCUT2D eigenvalue weighted by molar-refractivity contribution is 6.00. The minimum atomic E-state index is -0.814. The van der Waals surface area contributed by atoms with Crippen LogP contribution in [0.15, 0.2) is 18.2 Å². The molecule has 0 aromatic heterocycles. The van der Waals surface area contributed by atoms with E-state index in [-0.39, 0.29) is 23.4 Å². The topological polar surface area (TPSA) is 40.5 Å². The summed E-state index contributed by atoms with van der Waals surface area (Å²) in [6, 6.07) is 2.59. The second-order valence-electron chi connectivity index (χ2n) is 6.19. The van der Waals surface area contributed by atoms with Gasteiger partial charge in [0.05, 0.1) is 17.7 Å². The predicted molar refractivity (Wildman–Crippen MR) is 73.9 cm³/mol. The van der Waals surface area contributed by atoms with E-state index in [4.69, 9.17) is 0 Å². The number of halogens is 2. The average molecular weight is 295 g/mol. The Morgan fingerprint density at radius 1 is 1.33 bits per heavy atom. The van der Waals surface area contributed by atoms with Crippen LogP contribution in [0.5, 0.6) is 0 Å². The van der Waals surface area contributed by atoms with E-state index in [9.17, 15) is 18.7 Å². The van der Waals surface area contributed by atoms with Gasteiger partial charge in [-0.2, -0.15) is 0 Å². The number of nitrogens with zero attached hydrogens (tertiary/aromatic N) is 1. The zero-order chi connectivity index (χ0) is 15.1. The van der Waals surface area contributed by atoms with Crippen LogP contribution in [-0.2, 0) is 0 Å². The molecule has 1 aliphatic heterocycles. The molecule has 0 bridgehead atoms. The normalized spacial score (nSPS) is 30.4. The van der Waals surface area contributed by atoms with Crippen molar-refractivity contribution in [3.8, 4) is 0 Å². The van der Waals surface area contributed by atoms with Gasteiger partial charge in [-0.15, -0.1) is 0 Å². The van der Waals surface area contributed by atoms with Gasteiger partial charge in [0.15, 0.2) is 5.78 Å². The van der Waals surface area contributed by atoms with Gasteiger partial charge in [0.1, 0.15) is 11.6 Å². The number of likely N-dealkylation sites (tertiary alicyclic amines) is 1. The van der Waals surface area contributed by atoms with E-state index >= 15 is 0 Å². The van der Waals surface area contributed by atoms with Crippen molar-refractivity contribution in [2.45, 2.75) is 31.9 Å². The maximum absolute atomic E-state index is 13.7. The van der Waals surface area contributed by atoms with E-state index in [0.29, 0.717) is 12.5 Å². The minimum absolute atomic E-state index is 0.0680. The van der Waals surface area contributed by atoms with Gasteiger partial charge in [-0.05, 0) is 37.8 Å². The molecule has 1 aromatic carbocycles. The van der Waals surface area contributed by atoms with Crippen molar-refractivity contribution in [3.05, 3.63) is 35.4 Å². The number of Topliss-reactive ketones (excluding diaryl/α,β-unsaturated/α-hetero) is 1. The molecule has 3 rings (SSSR count). The quantitative estimate of drug-likeness (QED) is 0.869. The Balaban J connectivity index is 1.73. The first-order chi connectivity index (χ1) is 9.97. The Morgan fingerprint density at radius 3 is 2.76 bits per heavy atom. The number of aliphatic hydroxyl groups is 1. The summed E-state index contributed by atoms with van der Waals surface area (Å²) < 4.78 is 26.6. The molecule has 1 N–H and O–H groups in total. The van der Waals surface area contributed by atoms with Crippen molar-refractivity contribution in [2.24, 2.45) is 11.8 Å². The van der Waals surface area contributed by atoms with E-state index in [1.165, 1.54) is 6.07 Å². The lowest BCUT2D eigenvalue weighted by Crippen LogP contribution is -2.39. The highest BCUT2D eigenvalue weighted by Crippen LogP contribution is 2.39. The van der Waals surface area contributed by atoms with Crippen LogP contribution in [0, 0.1) is 23.5 Å². The van der Waals surface area contributed by atoms with E-state index in [0.717, 1.165) is 31.5 Å². The molecular formula is C16H19F2NO2. The van der Waals surface area contributed by atoms with Gasteiger partial charge in [0, 0.05) is 25.1 Å². The Kier molecular flexibility index (Phi) is 3.80. The van der Waals surface area contributed by atoms with E-state index in [1.54, 1.807) is 6.92 Å². The maximum atomic E-state index is 13.7. The third-order valence-electron chi connectivity index (χ3n) is 4.97. The monoisotopic (exact) mass is 295 g/mol. The van der Waals surface area contributed by atoms with Gasteiger partial charge >= 0.3 is 0 Å². The van der Waals surface area contributed by atoms with Crippen LogP contribution in [0.25, 0.3) is 0 Å². The fraction of sp³-hybridized carbons (Fsp3) is 0.562. The number of hydrogen-bond acceptors (Lipinski definition) is 3. The first-order valence-electron chi connectivity index (χ1n) is 7.38. The van der Waals surface area contributed by atoms with Crippen molar-refractivity contribution in [2.75, 3.05) is 13.1 Å². The Labute approximate surface area is 122 Å². The van der Waals surface area contributed by atoms with E-state index in [1.807, 2.05) is 4.90 Å². The molecular weight excluding hydrogens is 276 g/mol. The molecule has 0 spiro atoms. The van der Waals surface area contributed by atoms with Crippen LogP contribution in [-0.4, -0.2) is 41.0 Å². The summed E-state index contributed by atoms with van der Waals surface area (Å²) >= 11 is 0. The fourth-order valence-corrected chi connectivity index (χ4v) is 3.67. The third-order valence-corrected chi connectivity index (χ3v) is 4.97. The Hall–Kier alpha value is -1.33. The number of rotatable bonds is 3. The van der Waals surface area contributed by atoms with Crippen LogP contribution in [0.3, 0.4) is 0 Å². The standard InChI is InChI=1S/C16H19F2NO2/c1-9(16(21)12-4-3-11(17)6-14(12)18)19-7-10-2-5-15(20)13(10)8-19/h3-4,6,9-10,13,15,20H,2,5,7-8H2,1H3. The molecule has 2 fully saturated rings. The lowest BCUT2D eigenvalue weighted by molar-refractivity contribution is 0.0822. The molecule has 1 heterocycles. The van der Waals surface area contributed by atoms with Gasteiger partial charge in [-0.1, -0.05) is 0 Å². The van der Waals surface area contributed by atoms with Gasteiger partial charge in [0.25, 0.3) is 0 Å². The van der Waals surface area contributed by atoms with Crippen molar-refractivity contribution in [1.82, 2.24) is 4.90 Å². The smallest absolute Gasteiger partial charge is 0.182 e. The molecule has 114 valence electrons. The summed E-state index contributed by atoms with van der Waals surface area (Å²) in [7, 11) is 0. The predicted octanol–water partition coefficient (Wildman–Crippen LogP) is 2.24. The molecule has 4 unspecified atom stereocenters. The molecule has 21 heavy (non-hydrogen) atoms. The summed E-state index contributed by atoms with van der Waals surface area (Å²) in [5.41, 5.74) is -0.0680. The lowest BCUT2D eigenvalue weighted by atomic mass is 10.00. The summed E-state index contributed by atoms with van der Waals surface area (Å²) in [5.74, 6) is -1.18. The zero-order valence-electron chi connectivity index (χ0n) is 11.9. The first-order valence-corrected chi connectivity index (χ1v) is 7.38. The second kappa shape index (κ2) is 5.46. The SMILES string of the molecule is CC(C(=O)c1ccc(F)cc1F)N1CC2CCC(O)C2C1. The molecule has 5 heteroatoms. The molecule has 4 atom stereocenters. The molecule has 1 saturated carbocycles. The zero-order valence-corrected chi connectivity index (χ0v) is 11.9. The molecule has 2 aliphatic rings. The van der Waals surface area contributed by atoms with E-state index in [2.05, 4.69) is 0 Å². The van der Waals surface area contributed by atoms with E-state index < -0.39 is 17.7 Å². The number of ketones is 1. The molecule has 0 amide bonds.